The number of halogens is 4. The Balaban J connectivity index is 1.82. The largest absolute Gasteiger partial charge is 0.430 e. The summed E-state index contributed by atoms with van der Waals surface area (Å²) in [6.07, 6.45) is -2.50. The Kier molecular flexibility index (Phi) is 5.98. The van der Waals surface area contributed by atoms with Gasteiger partial charge in [-0.3, -0.25) is 9.59 Å². The van der Waals surface area contributed by atoms with Crippen LogP contribution in [0.25, 0.3) is 16.1 Å². The van der Waals surface area contributed by atoms with Gasteiger partial charge in [-0.1, -0.05) is 17.7 Å². The van der Waals surface area contributed by atoms with Crippen molar-refractivity contribution in [3.05, 3.63) is 45.1 Å². The molecule has 1 fully saturated rings. The minimum absolute atomic E-state index is 0.0501. The van der Waals surface area contributed by atoms with Crippen molar-refractivity contribution in [1.82, 2.24) is 4.98 Å². The van der Waals surface area contributed by atoms with Gasteiger partial charge in [0.1, 0.15) is 10.8 Å². The second-order valence-electron chi connectivity index (χ2n) is 9.57. The van der Waals surface area contributed by atoms with E-state index in [4.69, 9.17) is 16.3 Å². The first-order valence-corrected chi connectivity index (χ1v) is 11.8. The maximum atomic E-state index is 13.3. The van der Waals surface area contributed by atoms with Gasteiger partial charge in [-0.2, -0.15) is 13.2 Å². The zero-order chi connectivity index (χ0) is 24.3. The maximum absolute atomic E-state index is 13.3. The molecule has 4 rings (SSSR count). The normalized spacial score (nSPS) is 21.0. The maximum Gasteiger partial charge on any atom is 0.417 e. The fraction of sp³-hybridized carbons (Fsp3) is 0.458. The van der Waals surface area contributed by atoms with Crippen molar-refractivity contribution >= 4 is 40.3 Å². The third kappa shape index (κ3) is 4.47. The number of aryl methyl sites for hydroxylation is 1. The topological polar surface area (TPSA) is 56.3 Å². The zero-order valence-corrected chi connectivity index (χ0v) is 20.2. The van der Waals surface area contributed by atoms with E-state index in [1.54, 1.807) is 27.7 Å². The van der Waals surface area contributed by atoms with Crippen molar-refractivity contribution < 1.29 is 27.5 Å². The molecule has 2 aromatic rings. The summed E-state index contributed by atoms with van der Waals surface area (Å²) in [7, 11) is 0. The van der Waals surface area contributed by atoms with Crippen molar-refractivity contribution in [3.63, 3.8) is 0 Å². The van der Waals surface area contributed by atoms with Crippen LogP contribution < -0.4 is 0 Å². The van der Waals surface area contributed by atoms with Gasteiger partial charge in [-0.05, 0) is 59.1 Å². The molecule has 176 valence electrons. The molecule has 0 spiro atoms. The van der Waals surface area contributed by atoms with E-state index in [1.165, 1.54) is 23.5 Å². The molecule has 33 heavy (non-hydrogen) atoms. The van der Waals surface area contributed by atoms with Crippen molar-refractivity contribution in [2.75, 3.05) is 0 Å². The highest BCUT2D eigenvalue weighted by Gasteiger charge is 2.45. The number of thiazole rings is 1. The van der Waals surface area contributed by atoms with Crippen LogP contribution in [0.15, 0.2) is 24.0 Å². The average Bonchev–Trinajstić information content (AvgIpc) is 3.30. The van der Waals surface area contributed by atoms with Crippen molar-refractivity contribution in [1.29, 1.82) is 0 Å². The van der Waals surface area contributed by atoms with E-state index in [0.717, 1.165) is 12.5 Å². The fourth-order valence-electron chi connectivity index (χ4n) is 4.24. The number of alkyl halides is 3. The van der Waals surface area contributed by atoms with Crippen LogP contribution in [-0.4, -0.2) is 16.7 Å². The summed E-state index contributed by atoms with van der Waals surface area (Å²) in [6.45, 7) is 6.98. The average molecular weight is 498 g/mol. The van der Waals surface area contributed by atoms with Gasteiger partial charge in [0.2, 0.25) is 0 Å². The molecule has 2 atom stereocenters. The number of ether oxygens (including phenoxy) is 1. The molecule has 9 heteroatoms. The SMILES string of the molecule is Cc1sc(-c2ccc(Cl)c(C(F)(F)F)c2)nc1C1=C(OC(=O)C(C)(C)C)[C@@H]2CC[C@@H](C2)C1=O. The monoisotopic (exact) mass is 497 g/mol. The molecular formula is C24H23ClF3NO3S. The predicted octanol–water partition coefficient (Wildman–Crippen LogP) is 7.09. The van der Waals surface area contributed by atoms with Gasteiger partial charge < -0.3 is 4.74 Å². The predicted molar refractivity (Wildman–Crippen MR) is 121 cm³/mol. The molecular weight excluding hydrogens is 475 g/mol. The van der Waals surface area contributed by atoms with Gasteiger partial charge in [0.05, 0.1) is 27.3 Å². The number of nitrogens with zero attached hydrogens (tertiary/aromatic N) is 1. The molecule has 0 amide bonds. The smallest absolute Gasteiger partial charge is 0.417 e. The lowest BCUT2D eigenvalue weighted by Crippen LogP contribution is -2.28. The Bertz CT molecular complexity index is 1180. The van der Waals surface area contributed by atoms with Crippen molar-refractivity contribution in [2.24, 2.45) is 17.3 Å². The third-order valence-corrected chi connectivity index (χ3v) is 7.38. The minimum Gasteiger partial charge on any atom is -0.430 e. The Hall–Kier alpha value is -2.19. The molecule has 1 heterocycles. The molecule has 0 unspecified atom stereocenters. The lowest BCUT2D eigenvalue weighted by atomic mass is 9.84. The first-order chi connectivity index (χ1) is 15.3. The molecule has 0 N–H and O–H groups in total. The second kappa shape index (κ2) is 8.24. The molecule has 0 saturated heterocycles. The van der Waals surface area contributed by atoms with E-state index in [2.05, 4.69) is 4.98 Å². The number of carbonyl (C=O) groups is 2. The van der Waals surface area contributed by atoms with Crippen LogP contribution in [0.1, 0.15) is 56.2 Å². The van der Waals surface area contributed by atoms with Gasteiger partial charge in [0, 0.05) is 22.3 Å². The molecule has 1 aromatic carbocycles. The van der Waals surface area contributed by atoms with Crippen LogP contribution in [0.5, 0.6) is 0 Å². The molecule has 1 aromatic heterocycles. The summed E-state index contributed by atoms with van der Waals surface area (Å²) in [6, 6.07) is 3.63. The van der Waals surface area contributed by atoms with Gasteiger partial charge in [-0.15, -0.1) is 11.3 Å². The van der Waals surface area contributed by atoms with Crippen molar-refractivity contribution in [2.45, 2.75) is 53.1 Å². The van der Waals surface area contributed by atoms with E-state index in [0.29, 0.717) is 34.2 Å². The second-order valence-corrected chi connectivity index (χ2v) is 11.2. The van der Waals surface area contributed by atoms with Crippen LogP contribution >= 0.6 is 22.9 Å². The Morgan fingerprint density at radius 3 is 2.48 bits per heavy atom. The number of allylic oxidation sites excluding steroid dienone is 2. The first kappa shape index (κ1) is 24.0. The lowest BCUT2D eigenvalue weighted by Gasteiger charge is -2.26. The van der Waals surface area contributed by atoms with E-state index < -0.39 is 28.1 Å². The summed E-state index contributed by atoms with van der Waals surface area (Å²) in [5.41, 5.74) is -0.780. The van der Waals surface area contributed by atoms with Gasteiger partial charge in [0.25, 0.3) is 0 Å². The number of benzene rings is 1. The zero-order valence-electron chi connectivity index (χ0n) is 18.6. The number of ketones is 1. The summed E-state index contributed by atoms with van der Waals surface area (Å²) in [5.74, 6) is -0.410. The van der Waals surface area contributed by atoms with Crippen molar-refractivity contribution in [3.8, 4) is 10.6 Å². The Morgan fingerprint density at radius 1 is 1.18 bits per heavy atom. The summed E-state index contributed by atoms with van der Waals surface area (Å²) in [5, 5.41) is -0.0535. The van der Waals surface area contributed by atoms with Gasteiger partial charge >= 0.3 is 12.1 Å². The van der Waals surface area contributed by atoms with Crippen LogP contribution in [0.2, 0.25) is 5.02 Å². The van der Waals surface area contributed by atoms with E-state index in [9.17, 15) is 22.8 Å². The molecule has 0 aliphatic heterocycles. The molecule has 2 bridgehead atoms. The number of Topliss-reactive ketones (excluding diaryl/α,β-unsaturated/α-hetero) is 1. The summed E-state index contributed by atoms with van der Waals surface area (Å²) >= 11 is 6.94. The number of hydrogen-bond donors (Lipinski definition) is 0. The highest BCUT2D eigenvalue weighted by atomic mass is 35.5. The molecule has 1 saturated carbocycles. The molecule has 4 nitrogen and oxygen atoms in total. The Morgan fingerprint density at radius 2 is 1.85 bits per heavy atom. The third-order valence-electron chi connectivity index (χ3n) is 6.03. The number of carbonyl (C=O) groups excluding carboxylic acids is 2. The van der Waals surface area contributed by atoms with Crippen LogP contribution in [0.4, 0.5) is 13.2 Å². The van der Waals surface area contributed by atoms with Crippen LogP contribution in [0.3, 0.4) is 0 Å². The highest BCUT2D eigenvalue weighted by Crippen LogP contribution is 2.48. The van der Waals surface area contributed by atoms with Crippen LogP contribution in [0, 0.1) is 24.2 Å². The lowest BCUT2D eigenvalue weighted by molar-refractivity contribution is -0.149. The van der Waals surface area contributed by atoms with Gasteiger partial charge in [-0.25, -0.2) is 4.98 Å². The van der Waals surface area contributed by atoms with Gasteiger partial charge in [0.15, 0.2) is 5.78 Å². The molecule has 0 radical (unpaired) electrons. The standard InChI is InChI=1S/C24H23ClF3NO3S/c1-11-18(29-21(33-11)14-7-8-16(25)15(10-14)24(26,27)28)17-19(30)12-5-6-13(9-12)20(17)32-22(31)23(2,3)4/h7-8,10,12-13H,5-6,9H2,1-4H3/t12-,13+/m0/s1. The van der Waals surface area contributed by atoms with E-state index >= 15 is 0 Å². The van der Waals surface area contributed by atoms with E-state index in [-0.39, 0.29) is 28.8 Å². The minimum atomic E-state index is -4.60. The quantitative estimate of drug-likeness (QED) is 0.425. The summed E-state index contributed by atoms with van der Waals surface area (Å²) in [4.78, 5) is 31.2. The number of hydrogen-bond acceptors (Lipinski definition) is 5. The van der Waals surface area contributed by atoms with E-state index in [1.807, 2.05) is 0 Å². The molecule has 2 aliphatic carbocycles. The van der Waals surface area contributed by atoms with Crippen LogP contribution in [-0.2, 0) is 20.5 Å². The number of rotatable bonds is 3. The first-order valence-electron chi connectivity index (χ1n) is 10.6. The number of aromatic nitrogens is 1. The summed E-state index contributed by atoms with van der Waals surface area (Å²) < 4.78 is 45.8. The highest BCUT2D eigenvalue weighted by molar-refractivity contribution is 7.15. The molecule has 2 aliphatic rings. The Labute approximate surface area is 198 Å². The number of esters is 1. The fourth-order valence-corrected chi connectivity index (χ4v) is 5.38. The number of fused-ring (bicyclic) bond motifs is 2.